The first-order valence-corrected chi connectivity index (χ1v) is 12.0. The Kier molecular flexibility index (Phi) is 7.08. The fourth-order valence-corrected chi connectivity index (χ4v) is 4.36. The standard InChI is InChI=1S/C26H22N4O4S/c31-25-7-3-1-5-19(25)17-27-29-21-9-13-23(14-10-21)35(33,34)24-15-11-22(12-16-24)30-28-18-20-6-2-4-8-26(20)32/h1-18,29-32H/b27-17+,28-18+. The SMILES string of the molecule is O=S(=O)(c1ccc(N/N=C/c2ccccc2O)cc1)c1ccc(N/N=C/c2ccccc2O)cc1. The minimum Gasteiger partial charge on any atom is -0.507 e. The topological polar surface area (TPSA) is 123 Å². The van der Waals surface area contributed by atoms with Gasteiger partial charge in [0.2, 0.25) is 9.84 Å². The maximum atomic E-state index is 13.0. The Hall–Kier alpha value is -4.63. The number of nitrogens with zero attached hydrogens (tertiary/aromatic N) is 2. The van der Waals surface area contributed by atoms with Gasteiger partial charge in [0.15, 0.2) is 0 Å². The van der Waals surface area contributed by atoms with Gasteiger partial charge < -0.3 is 10.2 Å². The Morgan fingerprint density at radius 1 is 0.571 bits per heavy atom. The number of phenolic OH excluding ortho intramolecular Hbond substituents is 2. The highest BCUT2D eigenvalue weighted by Crippen LogP contribution is 2.24. The molecule has 9 heteroatoms. The Balaban J connectivity index is 1.39. The number of benzene rings is 4. The van der Waals surface area contributed by atoms with Crippen LogP contribution in [0.15, 0.2) is 117 Å². The van der Waals surface area contributed by atoms with E-state index in [9.17, 15) is 18.6 Å². The van der Waals surface area contributed by atoms with Crippen molar-refractivity contribution >= 4 is 33.6 Å². The van der Waals surface area contributed by atoms with Crippen LogP contribution < -0.4 is 10.9 Å². The van der Waals surface area contributed by atoms with E-state index >= 15 is 0 Å². The average molecular weight is 487 g/mol. The number of hydrogen-bond acceptors (Lipinski definition) is 8. The summed E-state index contributed by atoms with van der Waals surface area (Å²) in [5.41, 5.74) is 7.92. The van der Waals surface area contributed by atoms with E-state index in [2.05, 4.69) is 21.1 Å². The van der Waals surface area contributed by atoms with Crippen LogP contribution in [0.4, 0.5) is 11.4 Å². The zero-order chi connectivity index (χ0) is 24.7. The van der Waals surface area contributed by atoms with Crippen molar-refractivity contribution < 1.29 is 18.6 Å². The fraction of sp³-hybridized carbons (Fsp3) is 0. The lowest BCUT2D eigenvalue weighted by Crippen LogP contribution is -2.02. The minimum absolute atomic E-state index is 0.114. The molecule has 0 atom stereocenters. The number of phenols is 2. The smallest absolute Gasteiger partial charge is 0.206 e. The molecule has 0 spiro atoms. The summed E-state index contributed by atoms with van der Waals surface area (Å²) in [6, 6.07) is 26.0. The van der Waals surface area contributed by atoms with E-state index in [4.69, 9.17) is 0 Å². The van der Waals surface area contributed by atoms with Crippen LogP contribution in [0.25, 0.3) is 0 Å². The van der Waals surface area contributed by atoms with Crippen LogP contribution in [-0.2, 0) is 9.84 Å². The zero-order valence-electron chi connectivity index (χ0n) is 18.4. The van der Waals surface area contributed by atoms with E-state index in [-0.39, 0.29) is 21.3 Å². The van der Waals surface area contributed by atoms with Gasteiger partial charge in [0.25, 0.3) is 0 Å². The molecule has 4 rings (SSSR count). The van der Waals surface area contributed by atoms with E-state index in [0.717, 1.165) is 0 Å². The van der Waals surface area contributed by atoms with Crippen molar-refractivity contribution in [3.05, 3.63) is 108 Å². The van der Waals surface area contributed by atoms with E-state index in [0.29, 0.717) is 22.5 Å². The van der Waals surface area contributed by atoms with Gasteiger partial charge >= 0.3 is 0 Å². The Morgan fingerprint density at radius 2 is 0.943 bits per heavy atom. The van der Waals surface area contributed by atoms with Crippen molar-refractivity contribution in [3.63, 3.8) is 0 Å². The van der Waals surface area contributed by atoms with Crippen molar-refractivity contribution in [2.24, 2.45) is 10.2 Å². The fourth-order valence-electron chi connectivity index (χ4n) is 3.10. The van der Waals surface area contributed by atoms with Crippen LogP contribution in [-0.4, -0.2) is 31.1 Å². The van der Waals surface area contributed by atoms with Crippen molar-refractivity contribution in [3.8, 4) is 11.5 Å². The predicted molar refractivity (Wildman–Crippen MR) is 137 cm³/mol. The Bertz CT molecular complexity index is 1360. The lowest BCUT2D eigenvalue weighted by Gasteiger charge is -2.07. The maximum absolute atomic E-state index is 13.0. The van der Waals surface area contributed by atoms with Crippen LogP contribution in [0.3, 0.4) is 0 Å². The van der Waals surface area contributed by atoms with Crippen LogP contribution in [0.1, 0.15) is 11.1 Å². The third-order valence-electron chi connectivity index (χ3n) is 5.00. The highest BCUT2D eigenvalue weighted by molar-refractivity contribution is 7.91. The first-order chi connectivity index (χ1) is 16.9. The van der Waals surface area contributed by atoms with Gasteiger partial charge in [0.1, 0.15) is 11.5 Å². The molecule has 0 heterocycles. The first kappa shape index (κ1) is 23.5. The predicted octanol–water partition coefficient (Wildman–Crippen LogP) is 4.82. The normalized spacial score (nSPS) is 11.7. The number of rotatable bonds is 8. The molecule has 0 saturated carbocycles. The van der Waals surface area contributed by atoms with Crippen LogP contribution >= 0.6 is 0 Å². The van der Waals surface area contributed by atoms with Gasteiger partial charge in [-0.25, -0.2) is 8.42 Å². The van der Waals surface area contributed by atoms with Gasteiger partial charge in [-0.2, -0.15) is 10.2 Å². The molecule has 4 N–H and O–H groups in total. The van der Waals surface area contributed by atoms with Crippen LogP contribution in [0.2, 0.25) is 0 Å². The molecule has 176 valence electrons. The molecule has 0 aliphatic rings. The Labute approximate surface area is 202 Å². The monoisotopic (exact) mass is 486 g/mol. The molecular formula is C26H22N4O4S. The van der Waals surface area contributed by atoms with Crippen molar-refractivity contribution in [2.45, 2.75) is 9.79 Å². The van der Waals surface area contributed by atoms with Gasteiger partial charge in [-0.3, -0.25) is 10.9 Å². The molecule has 4 aromatic carbocycles. The second kappa shape index (κ2) is 10.5. The van der Waals surface area contributed by atoms with E-state index in [1.165, 1.54) is 36.7 Å². The van der Waals surface area contributed by atoms with Gasteiger partial charge in [-0.1, -0.05) is 24.3 Å². The van der Waals surface area contributed by atoms with Crippen molar-refractivity contribution in [2.75, 3.05) is 10.9 Å². The van der Waals surface area contributed by atoms with E-state index in [1.807, 2.05) is 0 Å². The van der Waals surface area contributed by atoms with Crippen molar-refractivity contribution in [1.82, 2.24) is 0 Å². The quantitative estimate of drug-likeness (QED) is 0.209. The molecule has 0 aliphatic carbocycles. The first-order valence-electron chi connectivity index (χ1n) is 10.5. The minimum atomic E-state index is -3.71. The number of para-hydroxylation sites is 2. The van der Waals surface area contributed by atoms with E-state index in [1.54, 1.807) is 72.8 Å². The zero-order valence-corrected chi connectivity index (χ0v) is 19.2. The molecule has 0 saturated heterocycles. The van der Waals surface area contributed by atoms with Gasteiger partial charge in [-0.15, -0.1) is 0 Å². The number of nitrogens with one attached hydrogen (secondary N) is 2. The molecule has 0 radical (unpaired) electrons. The largest absolute Gasteiger partial charge is 0.507 e. The molecule has 0 aliphatic heterocycles. The second-order valence-electron chi connectivity index (χ2n) is 7.41. The highest BCUT2D eigenvalue weighted by Gasteiger charge is 2.17. The van der Waals surface area contributed by atoms with Gasteiger partial charge in [-0.05, 0) is 72.8 Å². The van der Waals surface area contributed by atoms with Gasteiger partial charge in [0.05, 0.1) is 33.6 Å². The molecule has 0 fully saturated rings. The molecule has 0 bridgehead atoms. The summed E-state index contributed by atoms with van der Waals surface area (Å²) < 4.78 is 25.9. The summed E-state index contributed by atoms with van der Waals surface area (Å²) in [4.78, 5) is 0.289. The lowest BCUT2D eigenvalue weighted by molar-refractivity contribution is 0.474. The Morgan fingerprint density at radius 3 is 1.31 bits per heavy atom. The third-order valence-corrected chi connectivity index (χ3v) is 6.78. The summed E-state index contributed by atoms with van der Waals surface area (Å²) in [6.45, 7) is 0. The number of sulfone groups is 1. The van der Waals surface area contributed by atoms with Crippen LogP contribution in [0.5, 0.6) is 11.5 Å². The highest BCUT2D eigenvalue weighted by atomic mass is 32.2. The maximum Gasteiger partial charge on any atom is 0.206 e. The average Bonchev–Trinajstić information content (AvgIpc) is 2.87. The molecule has 0 amide bonds. The molecule has 0 unspecified atom stereocenters. The molecular weight excluding hydrogens is 464 g/mol. The van der Waals surface area contributed by atoms with E-state index < -0.39 is 9.84 Å². The summed E-state index contributed by atoms with van der Waals surface area (Å²) in [5.74, 6) is 0.228. The summed E-state index contributed by atoms with van der Waals surface area (Å²) in [7, 11) is -3.71. The summed E-state index contributed by atoms with van der Waals surface area (Å²) in [5, 5.41) is 27.6. The number of hydrazone groups is 2. The molecule has 4 aromatic rings. The summed E-state index contributed by atoms with van der Waals surface area (Å²) >= 11 is 0. The number of anilines is 2. The van der Waals surface area contributed by atoms with Gasteiger partial charge in [0, 0.05) is 11.1 Å². The molecule has 8 nitrogen and oxygen atoms in total. The van der Waals surface area contributed by atoms with Crippen molar-refractivity contribution in [1.29, 1.82) is 0 Å². The molecule has 0 aromatic heterocycles. The second-order valence-corrected chi connectivity index (χ2v) is 9.36. The summed E-state index contributed by atoms with van der Waals surface area (Å²) in [6.07, 6.45) is 2.95. The van der Waals surface area contributed by atoms with Crippen LogP contribution in [0, 0.1) is 0 Å². The molecule has 35 heavy (non-hydrogen) atoms. The number of aromatic hydroxyl groups is 2. The number of hydrogen-bond donors (Lipinski definition) is 4. The lowest BCUT2D eigenvalue weighted by atomic mass is 10.2. The third kappa shape index (κ3) is 5.84.